The van der Waals surface area contributed by atoms with Crippen molar-refractivity contribution < 1.29 is 0 Å². The molecule has 0 N–H and O–H groups in total. The summed E-state index contributed by atoms with van der Waals surface area (Å²) < 4.78 is 0. The molecule has 0 aromatic carbocycles. The molecule has 4 unspecified atom stereocenters. The largest absolute Gasteiger partial charge is 0.0654 e. The molecule has 0 aromatic rings. The molecule has 0 nitrogen and oxygen atoms in total. The molecule has 4 atom stereocenters. The molecule has 216 valence electrons. The van der Waals surface area contributed by atoms with E-state index in [1.807, 2.05) is 0 Å². The first-order valence-corrected chi connectivity index (χ1v) is 17.8. The third kappa shape index (κ3) is 16.8. The van der Waals surface area contributed by atoms with Crippen LogP contribution < -0.4 is 0 Å². The van der Waals surface area contributed by atoms with E-state index in [0.717, 1.165) is 23.7 Å². The van der Waals surface area contributed by atoms with Crippen LogP contribution in [0.2, 0.25) is 0 Å². The van der Waals surface area contributed by atoms with Crippen LogP contribution in [0.25, 0.3) is 0 Å². The molecule has 1 saturated carbocycles. The Morgan fingerprint density at radius 2 is 0.556 bits per heavy atom. The first kappa shape index (κ1) is 34.0. The Morgan fingerprint density at radius 1 is 0.306 bits per heavy atom. The normalized spacial score (nSPS) is 22.3. The van der Waals surface area contributed by atoms with Crippen LogP contribution in [-0.2, 0) is 0 Å². The van der Waals surface area contributed by atoms with Gasteiger partial charge in [0.2, 0.25) is 0 Å². The van der Waals surface area contributed by atoms with Crippen LogP contribution in [0.4, 0.5) is 0 Å². The molecule has 0 amide bonds. The Hall–Kier alpha value is 0. The molecule has 0 aliphatic heterocycles. The van der Waals surface area contributed by atoms with Crippen LogP contribution in [0.5, 0.6) is 0 Å². The molecule has 1 aliphatic rings. The highest BCUT2D eigenvalue weighted by atomic mass is 14.4. The average molecular weight is 505 g/mol. The van der Waals surface area contributed by atoms with Crippen molar-refractivity contribution in [3.8, 4) is 0 Å². The molecule has 1 aliphatic carbocycles. The Bertz CT molecular complexity index is 426. The fourth-order valence-electron chi connectivity index (χ4n) is 7.51. The van der Waals surface area contributed by atoms with E-state index in [-0.39, 0.29) is 0 Å². The van der Waals surface area contributed by atoms with E-state index < -0.39 is 0 Å². The van der Waals surface area contributed by atoms with Gasteiger partial charge in [-0.1, -0.05) is 182 Å². The zero-order chi connectivity index (χ0) is 26.1. The zero-order valence-corrected chi connectivity index (χ0v) is 26.1. The predicted octanol–water partition coefficient (Wildman–Crippen LogP) is 13.5. The third-order valence-corrected chi connectivity index (χ3v) is 9.81. The predicted molar refractivity (Wildman–Crippen MR) is 166 cm³/mol. The van der Waals surface area contributed by atoms with Crippen LogP contribution in [0, 0.1) is 23.7 Å². The van der Waals surface area contributed by atoms with Gasteiger partial charge in [0, 0.05) is 0 Å². The second-order valence-corrected chi connectivity index (χ2v) is 12.9. The molecule has 0 radical (unpaired) electrons. The lowest BCUT2D eigenvalue weighted by molar-refractivity contribution is 0.0581. The third-order valence-electron chi connectivity index (χ3n) is 9.81. The van der Waals surface area contributed by atoms with E-state index in [9.17, 15) is 0 Å². The summed E-state index contributed by atoms with van der Waals surface area (Å²) in [5, 5.41) is 0. The van der Waals surface area contributed by atoms with Crippen molar-refractivity contribution in [1.29, 1.82) is 0 Å². The summed E-state index contributed by atoms with van der Waals surface area (Å²) in [4.78, 5) is 0. The minimum atomic E-state index is 1.06. The molecule has 0 spiro atoms. The number of hydrogen-bond donors (Lipinski definition) is 0. The van der Waals surface area contributed by atoms with E-state index in [1.54, 1.807) is 38.5 Å². The highest BCUT2D eigenvalue weighted by Crippen LogP contribution is 2.47. The second kappa shape index (κ2) is 25.3. The van der Waals surface area contributed by atoms with Crippen molar-refractivity contribution in [3.63, 3.8) is 0 Å². The van der Waals surface area contributed by atoms with Gasteiger partial charge in [-0.05, 0) is 49.4 Å². The van der Waals surface area contributed by atoms with Crippen LogP contribution in [-0.4, -0.2) is 0 Å². The van der Waals surface area contributed by atoms with Gasteiger partial charge < -0.3 is 0 Å². The van der Waals surface area contributed by atoms with Crippen molar-refractivity contribution in [2.24, 2.45) is 23.7 Å². The van der Waals surface area contributed by atoms with Crippen LogP contribution in [0.1, 0.15) is 207 Å². The van der Waals surface area contributed by atoms with Gasteiger partial charge in [-0.2, -0.15) is 0 Å². The molecule has 0 heteroatoms. The lowest BCUT2D eigenvalue weighted by Crippen LogP contribution is -2.35. The maximum Gasteiger partial charge on any atom is -0.0355 e. The van der Waals surface area contributed by atoms with E-state index in [1.165, 1.54) is 141 Å². The Morgan fingerprint density at radius 3 is 0.889 bits per heavy atom. The van der Waals surface area contributed by atoms with E-state index >= 15 is 0 Å². The molecular weight excluding hydrogens is 432 g/mol. The standard InChI is InChI=1S/C36H72/c1-5-9-13-17-20-24-28-34-32-31-33(27-23-16-12-8-4)35(29-25-21-18-14-10-6-2)36(34)30-26-22-19-15-11-7-3/h33-36H,5-32H2,1-4H3. The van der Waals surface area contributed by atoms with Crippen molar-refractivity contribution in [1.82, 2.24) is 0 Å². The van der Waals surface area contributed by atoms with Gasteiger partial charge in [0.1, 0.15) is 0 Å². The molecule has 0 aromatic heterocycles. The van der Waals surface area contributed by atoms with Crippen molar-refractivity contribution >= 4 is 0 Å². The summed E-state index contributed by atoms with van der Waals surface area (Å²) in [5.74, 6) is 4.24. The zero-order valence-electron chi connectivity index (χ0n) is 26.1. The molecule has 0 saturated heterocycles. The minimum absolute atomic E-state index is 1.06. The number of hydrogen-bond acceptors (Lipinski definition) is 0. The minimum Gasteiger partial charge on any atom is -0.0654 e. The van der Waals surface area contributed by atoms with E-state index in [2.05, 4.69) is 27.7 Å². The SMILES string of the molecule is CCCCCCCCC1CCC(CCCCCC)C(CCCCCCCC)C1CCCCCCCC. The first-order chi connectivity index (χ1) is 17.8. The lowest BCUT2D eigenvalue weighted by Gasteiger charge is -2.44. The monoisotopic (exact) mass is 505 g/mol. The molecule has 1 fully saturated rings. The van der Waals surface area contributed by atoms with Gasteiger partial charge in [-0.15, -0.1) is 0 Å². The second-order valence-electron chi connectivity index (χ2n) is 12.9. The quantitative estimate of drug-likeness (QED) is 0.103. The van der Waals surface area contributed by atoms with Crippen molar-refractivity contribution in [2.45, 2.75) is 207 Å². The fraction of sp³-hybridized carbons (Fsp3) is 1.00. The molecule has 36 heavy (non-hydrogen) atoms. The molecule has 0 bridgehead atoms. The Kier molecular flexibility index (Phi) is 23.9. The summed E-state index contributed by atoms with van der Waals surface area (Å²) in [6.45, 7) is 9.41. The fourth-order valence-corrected chi connectivity index (χ4v) is 7.51. The summed E-state index contributed by atoms with van der Waals surface area (Å²) in [6, 6.07) is 0. The average Bonchev–Trinajstić information content (AvgIpc) is 2.89. The number of rotatable bonds is 26. The van der Waals surface area contributed by atoms with Crippen molar-refractivity contribution in [3.05, 3.63) is 0 Å². The highest BCUT2D eigenvalue weighted by Gasteiger charge is 2.37. The lowest BCUT2D eigenvalue weighted by atomic mass is 9.61. The molecular formula is C36H72. The van der Waals surface area contributed by atoms with Gasteiger partial charge in [0.05, 0.1) is 0 Å². The summed E-state index contributed by atoms with van der Waals surface area (Å²) >= 11 is 0. The van der Waals surface area contributed by atoms with Gasteiger partial charge in [0.15, 0.2) is 0 Å². The van der Waals surface area contributed by atoms with Gasteiger partial charge in [0.25, 0.3) is 0 Å². The first-order valence-electron chi connectivity index (χ1n) is 17.8. The van der Waals surface area contributed by atoms with Crippen molar-refractivity contribution in [2.75, 3.05) is 0 Å². The smallest absolute Gasteiger partial charge is 0.0355 e. The van der Waals surface area contributed by atoms with Crippen LogP contribution >= 0.6 is 0 Å². The molecule has 1 rings (SSSR count). The molecule has 0 heterocycles. The highest BCUT2D eigenvalue weighted by molar-refractivity contribution is 4.88. The van der Waals surface area contributed by atoms with Gasteiger partial charge in [-0.25, -0.2) is 0 Å². The van der Waals surface area contributed by atoms with E-state index in [4.69, 9.17) is 0 Å². The maximum atomic E-state index is 2.37. The van der Waals surface area contributed by atoms with E-state index in [0.29, 0.717) is 0 Å². The maximum absolute atomic E-state index is 2.37. The number of unbranched alkanes of at least 4 members (excludes halogenated alkanes) is 18. The Balaban J connectivity index is 2.71. The van der Waals surface area contributed by atoms with Crippen LogP contribution in [0.3, 0.4) is 0 Å². The summed E-state index contributed by atoms with van der Waals surface area (Å²) in [7, 11) is 0. The summed E-state index contributed by atoms with van der Waals surface area (Å²) in [6.07, 6.45) is 41.7. The topological polar surface area (TPSA) is 0 Å². The van der Waals surface area contributed by atoms with Gasteiger partial charge in [-0.3, -0.25) is 0 Å². The Labute approximate surface area is 231 Å². The van der Waals surface area contributed by atoms with Gasteiger partial charge >= 0.3 is 0 Å². The van der Waals surface area contributed by atoms with Crippen LogP contribution in [0.15, 0.2) is 0 Å². The summed E-state index contributed by atoms with van der Waals surface area (Å²) in [5.41, 5.74) is 0.